The molecule has 1 aromatic heterocycles. The summed E-state index contributed by atoms with van der Waals surface area (Å²) in [6.07, 6.45) is 3.02. The maximum Gasteiger partial charge on any atom is 0.352 e. The van der Waals surface area contributed by atoms with E-state index in [-0.39, 0.29) is 5.69 Å². The second-order valence-electron chi connectivity index (χ2n) is 6.24. The Bertz CT molecular complexity index is 851. The number of anilines is 1. The Hall–Kier alpha value is -2.81. The van der Waals surface area contributed by atoms with Crippen molar-refractivity contribution >= 4 is 5.82 Å². The van der Waals surface area contributed by atoms with Crippen LogP contribution in [0.15, 0.2) is 35.1 Å². The van der Waals surface area contributed by atoms with E-state index in [4.69, 9.17) is 10.00 Å². The van der Waals surface area contributed by atoms with Gasteiger partial charge < -0.3 is 9.64 Å². The molecule has 0 aliphatic carbocycles. The second kappa shape index (κ2) is 6.00. The quantitative estimate of drug-likeness (QED) is 0.857. The van der Waals surface area contributed by atoms with Crippen LogP contribution in [0.3, 0.4) is 0 Å². The molecule has 1 fully saturated rings. The first-order chi connectivity index (χ1) is 11.7. The lowest BCUT2D eigenvalue weighted by Gasteiger charge is -2.17. The number of rotatable bonds is 4. The summed E-state index contributed by atoms with van der Waals surface area (Å²) in [5.74, 6) is 1.33. The molecule has 0 N–H and O–H groups in total. The summed E-state index contributed by atoms with van der Waals surface area (Å²) in [5.41, 5.74) is 1.51. The molecule has 2 aliphatic heterocycles. The van der Waals surface area contributed by atoms with E-state index in [2.05, 4.69) is 16.0 Å². The molecular formula is C18H18N4O2. The van der Waals surface area contributed by atoms with Gasteiger partial charge in [-0.1, -0.05) is 12.1 Å². The molecule has 4 rings (SSSR count). The summed E-state index contributed by atoms with van der Waals surface area (Å²) in [5, 5.41) is 8.80. The Morgan fingerprint density at radius 1 is 1.33 bits per heavy atom. The molecule has 24 heavy (non-hydrogen) atoms. The lowest BCUT2D eigenvalue weighted by atomic mass is 10.1. The summed E-state index contributed by atoms with van der Waals surface area (Å²) in [4.78, 5) is 18.5. The fourth-order valence-electron chi connectivity index (χ4n) is 3.51. The van der Waals surface area contributed by atoms with Crippen LogP contribution in [0.25, 0.3) is 0 Å². The Morgan fingerprint density at radius 2 is 2.17 bits per heavy atom. The van der Waals surface area contributed by atoms with Crippen molar-refractivity contribution in [2.24, 2.45) is 0 Å². The van der Waals surface area contributed by atoms with Crippen molar-refractivity contribution in [1.82, 2.24) is 9.55 Å². The van der Waals surface area contributed by atoms with Crippen molar-refractivity contribution in [1.29, 1.82) is 5.26 Å². The van der Waals surface area contributed by atoms with Crippen LogP contribution in [-0.4, -0.2) is 28.7 Å². The van der Waals surface area contributed by atoms with E-state index in [1.807, 2.05) is 18.2 Å². The molecule has 0 amide bonds. The molecule has 2 aromatic rings. The summed E-state index contributed by atoms with van der Waals surface area (Å²) in [6, 6.07) is 11.8. The maximum atomic E-state index is 12.2. The molecule has 0 bridgehead atoms. The van der Waals surface area contributed by atoms with Crippen LogP contribution in [0.2, 0.25) is 0 Å². The van der Waals surface area contributed by atoms with E-state index < -0.39 is 0 Å². The minimum absolute atomic E-state index is 0.227. The number of fused-ring (bicyclic) bond motifs is 3. The van der Waals surface area contributed by atoms with Gasteiger partial charge in [-0.25, -0.2) is 4.79 Å². The van der Waals surface area contributed by atoms with E-state index in [1.54, 1.807) is 16.7 Å². The summed E-state index contributed by atoms with van der Waals surface area (Å²) in [7, 11) is 0. The Kier molecular flexibility index (Phi) is 3.69. The molecule has 122 valence electrons. The Balaban J connectivity index is 1.44. The van der Waals surface area contributed by atoms with Crippen LogP contribution >= 0.6 is 0 Å². The van der Waals surface area contributed by atoms with Gasteiger partial charge >= 0.3 is 5.69 Å². The minimum atomic E-state index is -0.227. The second-order valence-corrected chi connectivity index (χ2v) is 6.24. The third-order valence-corrected chi connectivity index (χ3v) is 4.75. The normalized spacial score (nSPS) is 18.1. The number of nitrogens with zero attached hydrogens (tertiary/aromatic N) is 4. The van der Waals surface area contributed by atoms with Crippen LogP contribution in [0.5, 0.6) is 5.88 Å². The average Bonchev–Trinajstić information content (AvgIpc) is 3.18. The number of benzene rings is 1. The van der Waals surface area contributed by atoms with Gasteiger partial charge in [0.15, 0.2) is 0 Å². The fourth-order valence-corrected chi connectivity index (χ4v) is 3.51. The summed E-state index contributed by atoms with van der Waals surface area (Å²) < 4.78 is 7.45. The van der Waals surface area contributed by atoms with E-state index in [1.165, 1.54) is 6.42 Å². The first-order valence-corrected chi connectivity index (χ1v) is 8.25. The smallest absolute Gasteiger partial charge is 0.352 e. The van der Waals surface area contributed by atoms with E-state index in [0.717, 1.165) is 30.9 Å². The Labute approximate surface area is 139 Å². The Morgan fingerprint density at radius 3 is 2.96 bits per heavy atom. The summed E-state index contributed by atoms with van der Waals surface area (Å²) in [6.45, 7) is 2.19. The van der Waals surface area contributed by atoms with Crippen molar-refractivity contribution in [3.8, 4) is 11.9 Å². The first-order valence-electron chi connectivity index (χ1n) is 8.25. The monoisotopic (exact) mass is 322 g/mol. The SMILES string of the molecule is N#Cc1ccc(CCOc2cc3n(c(=O)n2)CC2CCCN32)cc1. The van der Waals surface area contributed by atoms with Gasteiger partial charge in [0.1, 0.15) is 5.82 Å². The molecule has 2 aliphatic rings. The van der Waals surface area contributed by atoms with Crippen molar-refractivity contribution in [3.63, 3.8) is 0 Å². The van der Waals surface area contributed by atoms with Crippen molar-refractivity contribution in [3.05, 3.63) is 51.9 Å². The van der Waals surface area contributed by atoms with Crippen LogP contribution in [0, 0.1) is 11.3 Å². The average molecular weight is 322 g/mol. The molecular weight excluding hydrogens is 304 g/mol. The van der Waals surface area contributed by atoms with Gasteiger partial charge in [-0.2, -0.15) is 10.2 Å². The lowest BCUT2D eigenvalue weighted by molar-refractivity contribution is 0.307. The number of hydrogen-bond acceptors (Lipinski definition) is 5. The third kappa shape index (κ3) is 2.62. The largest absolute Gasteiger partial charge is 0.477 e. The molecule has 1 unspecified atom stereocenters. The molecule has 1 aromatic carbocycles. The molecule has 1 saturated heterocycles. The van der Waals surface area contributed by atoms with Gasteiger partial charge in [-0.15, -0.1) is 0 Å². The van der Waals surface area contributed by atoms with Gasteiger partial charge in [0.25, 0.3) is 0 Å². The van der Waals surface area contributed by atoms with Crippen LogP contribution in [0.1, 0.15) is 24.0 Å². The predicted molar refractivity (Wildman–Crippen MR) is 89.2 cm³/mol. The number of ether oxygens (including phenoxy) is 1. The summed E-state index contributed by atoms with van der Waals surface area (Å²) >= 11 is 0. The highest BCUT2D eigenvalue weighted by molar-refractivity contribution is 5.48. The van der Waals surface area contributed by atoms with Crippen molar-refractivity contribution < 1.29 is 4.74 Å². The zero-order chi connectivity index (χ0) is 16.5. The zero-order valence-corrected chi connectivity index (χ0v) is 13.3. The van der Waals surface area contributed by atoms with E-state index in [9.17, 15) is 4.79 Å². The van der Waals surface area contributed by atoms with Crippen LogP contribution in [0.4, 0.5) is 5.82 Å². The van der Waals surface area contributed by atoms with Gasteiger partial charge in [-0.05, 0) is 30.5 Å². The van der Waals surface area contributed by atoms with Crippen molar-refractivity contribution in [2.45, 2.75) is 31.8 Å². The molecule has 6 heteroatoms. The minimum Gasteiger partial charge on any atom is -0.477 e. The van der Waals surface area contributed by atoms with E-state index in [0.29, 0.717) is 30.5 Å². The molecule has 0 spiro atoms. The van der Waals surface area contributed by atoms with Gasteiger partial charge in [0, 0.05) is 31.6 Å². The highest BCUT2D eigenvalue weighted by atomic mass is 16.5. The first kappa shape index (κ1) is 14.8. The molecule has 1 atom stereocenters. The number of aromatic nitrogens is 2. The standard InChI is InChI=1S/C18H18N4O2/c19-11-14-5-3-13(4-6-14)7-9-24-16-10-17-21-8-1-2-15(21)12-22(17)18(23)20-16/h3-6,10,15H,1-2,7-9,12H2. The molecule has 0 radical (unpaired) electrons. The molecule has 0 saturated carbocycles. The topological polar surface area (TPSA) is 71.1 Å². The number of nitriles is 1. The van der Waals surface area contributed by atoms with E-state index >= 15 is 0 Å². The van der Waals surface area contributed by atoms with Gasteiger partial charge in [-0.3, -0.25) is 4.57 Å². The lowest BCUT2D eigenvalue weighted by Crippen LogP contribution is -2.24. The highest BCUT2D eigenvalue weighted by Gasteiger charge is 2.34. The van der Waals surface area contributed by atoms with Gasteiger partial charge in [0.2, 0.25) is 5.88 Å². The fraction of sp³-hybridized carbons (Fsp3) is 0.389. The maximum absolute atomic E-state index is 12.2. The van der Waals surface area contributed by atoms with Crippen LogP contribution < -0.4 is 15.3 Å². The highest BCUT2D eigenvalue weighted by Crippen LogP contribution is 2.32. The number of hydrogen-bond donors (Lipinski definition) is 0. The van der Waals surface area contributed by atoms with Gasteiger partial charge in [0.05, 0.1) is 18.2 Å². The predicted octanol–water partition coefficient (Wildman–Crippen LogP) is 1.72. The molecule has 6 nitrogen and oxygen atoms in total. The molecule has 3 heterocycles. The third-order valence-electron chi connectivity index (χ3n) is 4.75. The zero-order valence-electron chi connectivity index (χ0n) is 13.3. The van der Waals surface area contributed by atoms with Crippen molar-refractivity contribution in [2.75, 3.05) is 18.1 Å². The van der Waals surface area contributed by atoms with Crippen LogP contribution in [-0.2, 0) is 13.0 Å².